The molecule has 7 heteroatoms. The number of aromatic nitrogens is 1. The van der Waals surface area contributed by atoms with Gasteiger partial charge in [-0.1, -0.05) is 19.3 Å². The summed E-state index contributed by atoms with van der Waals surface area (Å²) in [6.45, 7) is 8.27. The Bertz CT molecular complexity index is 550. The minimum absolute atomic E-state index is 0. The molecule has 1 spiro atoms. The first-order chi connectivity index (χ1) is 11.7. The molecule has 1 aromatic rings. The normalized spacial score (nSPS) is 20.4. The Kier molecular flexibility index (Phi) is 8.81. The monoisotopic (exact) mass is 494 g/mol. The Hall–Kier alpha value is -0.0200. The molecule has 2 fully saturated rings. The number of aliphatic imine (C=N–C) groups is 1. The van der Waals surface area contributed by atoms with E-state index in [1.165, 1.54) is 50.1 Å². The van der Waals surface area contributed by atoms with E-state index in [4.69, 9.17) is 4.99 Å². The third-order valence-corrected chi connectivity index (χ3v) is 7.30. The average molecular weight is 495 g/mol. The summed E-state index contributed by atoms with van der Waals surface area (Å²) in [4.78, 5) is 12.0. The summed E-state index contributed by atoms with van der Waals surface area (Å²) in [5.74, 6) is 2.34. The largest absolute Gasteiger partial charge is 0.357 e. The van der Waals surface area contributed by atoms with Crippen molar-refractivity contribution >= 4 is 53.0 Å². The van der Waals surface area contributed by atoms with Crippen molar-refractivity contribution in [2.24, 2.45) is 4.99 Å². The van der Waals surface area contributed by atoms with Crippen molar-refractivity contribution in [2.75, 3.05) is 31.9 Å². The van der Waals surface area contributed by atoms with Crippen LogP contribution in [0.3, 0.4) is 0 Å². The molecular formula is C18H31IN4S2. The molecular weight excluding hydrogens is 463 g/mol. The molecule has 1 aliphatic heterocycles. The van der Waals surface area contributed by atoms with E-state index < -0.39 is 0 Å². The molecule has 2 aliphatic rings. The van der Waals surface area contributed by atoms with E-state index in [9.17, 15) is 0 Å². The van der Waals surface area contributed by atoms with Crippen LogP contribution in [-0.4, -0.2) is 52.5 Å². The van der Waals surface area contributed by atoms with Crippen LogP contribution in [0.25, 0.3) is 0 Å². The Morgan fingerprint density at radius 3 is 2.84 bits per heavy atom. The molecule has 0 atom stereocenters. The van der Waals surface area contributed by atoms with Gasteiger partial charge in [0, 0.05) is 48.5 Å². The number of nitrogens with zero attached hydrogens (tertiary/aromatic N) is 3. The zero-order valence-corrected chi connectivity index (χ0v) is 19.4. The molecule has 25 heavy (non-hydrogen) atoms. The molecule has 1 aromatic heterocycles. The summed E-state index contributed by atoms with van der Waals surface area (Å²) in [5.41, 5.74) is 1.18. The summed E-state index contributed by atoms with van der Waals surface area (Å²) in [6, 6.07) is 0. The second-order valence-corrected chi connectivity index (χ2v) is 9.48. The maximum atomic E-state index is 4.91. The second kappa shape index (κ2) is 10.3. The van der Waals surface area contributed by atoms with Crippen molar-refractivity contribution in [1.29, 1.82) is 0 Å². The fourth-order valence-electron chi connectivity index (χ4n) is 3.75. The standard InChI is InChI=1S/C18H30N4S2.HI/c1-3-19-17(20-10-7-16-13-23-15(2)21-16)22-11-12-24-18(14-22)8-5-4-6-9-18;/h13H,3-12,14H2,1-2H3,(H,19,20);1H. The van der Waals surface area contributed by atoms with Gasteiger partial charge in [-0.3, -0.25) is 4.99 Å². The summed E-state index contributed by atoms with van der Waals surface area (Å²) in [6.07, 6.45) is 7.92. The van der Waals surface area contributed by atoms with E-state index in [1.54, 1.807) is 11.3 Å². The van der Waals surface area contributed by atoms with E-state index in [-0.39, 0.29) is 24.0 Å². The smallest absolute Gasteiger partial charge is 0.193 e. The van der Waals surface area contributed by atoms with Crippen LogP contribution < -0.4 is 5.32 Å². The van der Waals surface area contributed by atoms with Gasteiger partial charge in [0.05, 0.1) is 10.7 Å². The zero-order valence-electron chi connectivity index (χ0n) is 15.4. The van der Waals surface area contributed by atoms with Gasteiger partial charge < -0.3 is 10.2 Å². The highest BCUT2D eigenvalue weighted by Gasteiger charge is 2.38. The number of nitrogens with one attached hydrogen (secondary N) is 1. The van der Waals surface area contributed by atoms with Crippen molar-refractivity contribution in [3.63, 3.8) is 0 Å². The molecule has 1 saturated heterocycles. The van der Waals surface area contributed by atoms with Gasteiger partial charge in [-0.25, -0.2) is 4.98 Å². The third kappa shape index (κ3) is 5.99. The van der Waals surface area contributed by atoms with Gasteiger partial charge in [0.25, 0.3) is 0 Å². The van der Waals surface area contributed by atoms with E-state index >= 15 is 0 Å². The highest BCUT2D eigenvalue weighted by atomic mass is 127. The third-order valence-electron chi connectivity index (χ3n) is 4.94. The minimum atomic E-state index is 0. The lowest BCUT2D eigenvalue weighted by Crippen LogP contribution is -2.53. The van der Waals surface area contributed by atoms with Gasteiger partial charge >= 0.3 is 0 Å². The van der Waals surface area contributed by atoms with Crippen LogP contribution in [0.2, 0.25) is 0 Å². The first-order valence-electron chi connectivity index (χ1n) is 9.29. The maximum absolute atomic E-state index is 4.91. The minimum Gasteiger partial charge on any atom is -0.357 e. The van der Waals surface area contributed by atoms with Crippen molar-refractivity contribution < 1.29 is 0 Å². The summed E-state index contributed by atoms with van der Waals surface area (Å²) in [7, 11) is 0. The number of thiazole rings is 1. The van der Waals surface area contributed by atoms with Crippen LogP contribution in [-0.2, 0) is 6.42 Å². The molecule has 1 N–H and O–H groups in total. The molecule has 2 heterocycles. The number of halogens is 1. The number of hydrogen-bond donors (Lipinski definition) is 1. The lowest BCUT2D eigenvalue weighted by atomic mass is 9.87. The predicted molar refractivity (Wildman–Crippen MR) is 122 cm³/mol. The maximum Gasteiger partial charge on any atom is 0.193 e. The van der Waals surface area contributed by atoms with Gasteiger partial charge in [-0.15, -0.1) is 35.3 Å². The quantitative estimate of drug-likeness (QED) is 0.385. The van der Waals surface area contributed by atoms with Gasteiger partial charge in [-0.2, -0.15) is 11.8 Å². The van der Waals surface area contributed by atoms with Crippen molar-refractivity contribution in [3.8, 4) is 0 Å². The highest BCUT2D eigenvalue weighted by molar-refractivity contribution is 14.0. The van der Waals surface area contributed by atoms with Crippen LogP contribution in [0, 0.1) is 6.92 Å². The van der Waals surface area contributed by atoms with Crippen LogP contribution >= 0.6 is 47.1 Å². The van der Waals surface area contributed by atoms with E-state index in [0.717, 1.165) is 37.0 Å². The van der Waals surface area contributed by atoms with Crippen molar-refractivity contribution in [1.82, 2.24) is 15.2 Å². The average Bonchev–Trinajstić information content (AvgIpc) is 3.00. The number of hydrogen-bond acceptors (Lipinski definition) is 4. The van der Waals surface area contributed by atoms with Crippen molar-refractivity contribution in [2.45, 2.75) is 57.1 Å². The lowest BCUT2D eigenvalue weighted by Gasteiger charge is -2.45. The van der Waals surface area contributed by atoms with Gasteiger partial charge in [-0.05, 0) is 26.7 Å². The summed E-state index contributed by atoms with van der Waals surface area (Å²) in [5, 5.41) is 6.82. The molecule has 1 aliphatic carbocycles. The molecule has 1 saturated carbocycles. The molecule has 3 rings (SSSR count). The Labute approximate surface area is 177 Å². The molecule has 142 valence electrons. The molecule has 4 nitrogen and oxygen atoms in total. The molecule has 0 amide bonds. The Morgan fingerprint density at radius 1 is 1.36 bits per heavy atom. The fourth-order valence-corrected chi connectivity index (χ4v) is 5.97. The first-order valence-corrected chi connectivity index (χ1v) is 11.2. The molecule has 0 radical (unpaired) electrons. The first kappa shape index (κ1) is 21.3. The summed E-state index contributed by atoms with van der Waals surface area (Å²) < 4.78 is 0.485. The molecule has 0 aromatic carbocycles. The highest BCUT2D eigenvalue weighted by Crippen LogP contribution is 2.42. The lowest BCUT2D eigenvalue weighted by molar-refractivity contribution is 0.293. The second-order valence-electron chi connectivity index (χ2n) is 6.86. The predicted octanol–water partition coefficient (Wildman–Crippen LogP) is 4.33. The topological polar surface area (TPSA) is 40.5 Å². The Balaban J connectivity index is 0.00000225. The number of thioether (sulfide) groups is 1. The molecule has 0 unspecified atom stereocenters. The van der Waals surface area contributed by atoms with E-state index in [0.29, 0.717) is 4.75 Å². The SMILES string of the molecule is CCNC(=NCCc1csc(C)n1)N1CCSC2(CCCCC2)C1.I. The molecule has 0 bridgehead atoms. The van der Waals surface area contributed by atoms with Crippen LogP contribution in [0.15, 0.2) is 10.4 Å². The number of aryl methyl sites for hydroxylation is 1. The summed E-state index contributed by atoms with van der Waals surface area (Å²) >= 11 is 3.94. The van der Waals surface area contributed by atoms with Gasteiger partial charge in [0.2, 0.25) is 0 Å². The van der Waals surface area contributed by atoms with Crippen LogP contribution in [0.1, 0.15) is 49.7 Å². The number of guanidine groups is 1. The fraction of sp³-hybridized carbons (Fsp3) is 0.778. The van der Waals surface area contributed by atoms with Gasteiger partial charge in [0.1, 0.15) is 0 Å². The van der Waals surface area contributed by atoms with E-state index in [2.05, 4.69) is 46.2 Å². The van der Waals surface area contributed by atoms with Crippen LogP contribution in [0.4, 0.5) is 0 Å². The zero-order chi connectivity index (χ0) is 16.8. The van der Waals surface area contributed by atoms with Gasteiger partial charge in [0.15, 0.2) is 5.96 Å². The number of rotatable bonds is 4. The van der Waals surface area contributed by atoms with Crippen molar-refractivity contribution in [3.05, 3.63) is 16.1 Å². The van der Waals surface area contributed by atoms with Crippen LogP contribution in [0.5, 0.6) is 0 Å². The van der Waals surface area contributed by atoms with E-state index in [1.807, 2.05) is 0 Å². The Morgan fingerprint density at radius 2 is 2.16 bits per heavy atom.